The molecule has 0 heterocycles. The lowest BCUT2D eigenvalue weighted by Gasteiger charge is -1.77. The summed E-state index contributed by atoms with van der Waals surface area (Å²) >= 11 is 0. The van der Waals surface area contributed by atoms with Gasteiger partial charge in [-0.15, -0.1) is 0 Å². The fourth-order valence-corrected chi connectivity index (χ4v) is 0. The first-order valence-corrected chi connectivity index (χ1v) is 2.47. The number of rotatable bonds is 0. The molecule has 0 aromatic heterocycles. The Morgan fingerprint density at radius 2 is 1.86 bits per heavy atom. The minimum absolute atomic E-state index is 0.972. The number of hydrogen-bond donors (Lipinski definition) is 1. The van der Waals surface area contributed by atoms with Crippen molar-refractivity contribution in [3.8, 4) is 0 Å². The Morgan fingerprint density at radius 1 is 1.86 bits per heavy atom. The zero-order chi connectivity index (χ0) is 6.28. The summed E-state index contributed by atoms with van der Waals surface area (Å²) in [6, 6.07) is 0. The summed E-state index contributed by atoms with van der Waals surface area (Å²) < 4.78 is 0. The van der Waals surface area contributed by atoms with E-state index in [9.17, 15) is 0 Å². The molecule has 1 N–H and O–H groups in total. The summed E-state index contributed by atoms with van der Waals surface area (Å²) in [5.41, 5.74) is 0. The van der Waals surface area contributed by atoms with Crippen molar-refractivity contribution in [3.05, 3.63) is 0 Å². The molecule has 0 bridgehead atoms. The smallest absolute Gasteiger partial charge is 0.0395 e. The quantitative estimate of drug-likeness (QED) is 0.398. The first kappa shape index (κ1) is 9.97. The zero-order valence-electron chi connectivity index (χ0n) is 4.52. The Balaban J connectivity index is 0. The Kier molecular flexibility index (Phi) is 13.2. The largest absolute Gasteiger partial charge is 0.550 e. The van der Waals surface area contributed by atoms with Gasteiger partial charge in [0.2, 0.25) is 0 Å². The van der Waals surface area contributed by atoms with Crippen LogP contribution in [0.25, 0.3) is 0 Å². The van der Waals surface area contributed by atoms with E-state index in [1.807, 2.05) is 7.05 Å². The molecule has 0 aliphatic heterocycles. The van der Waals surface area contributed by atoms with Crippen LogP contribution in [0.2, 0.25) is 0 Å². The molecule has 44 valence electrons. The van der Waals surface area contributed by atoms with Crippen LogP contribution in [0.4, 0.5) is 0 Å². The second-order valence-electron chi connectivity index (χ2n) is 0.845. The molecule has 0 spiro atoms. The van der Waals surface area contributed by atoms with Crippen molar-refractivity contribution in [2.24, 2.45) is 0 Å². The van der Waals surface area contributed by atoms with E-state index in [1.165, 1.54) is 0 Å². The standard InChI is InChI=1S/C2H4O2.CH6NP/c1-2(3)4;1-2-3/h1H3,(H,3,4);2H,3H2,1H3. The van der Waals surface area contributed by atoms with Crippen LogP contribution in [0.3, 0.4) is 0 Å². The fourth-order valence-electron chi connectivity index (χ4n) is 0. The van der Waals surface area contributed by atoms with Crippen LogP contribution >= 0.6 is 9.39 Å². The molecular weight excluding hydrogens is 113 g/mol. The van der Waals surface area contributed by atoms with E-state index in [2.05, 4.69) is 5.09 Å². The highest BCUT2D eigenvalue weighted by Crippen LogP contribution is 1.49. The van der Waals surface area contributed by atoms with Crippen LogP contribution in [0.1, 0.15) is 6.92 Å². The second kappa shape index (κ2) is 9.29. The number of aliphatic carboxylic acids is 1. The number of nitrogens with one attached hydrogen (secondary N) is 1. The Morgan fingerprint density at radius 3 is 1.86 bits per heavy atom. The lowest BCUT2D eigenvalue weighted by Crippen LogP contribution is -2.16. The van der Waals surface area contributed by atoms with Gasteiger partial charge in [0.15, 0.2) is 0 Å². The van der Waals surface area contributed by atoms with Gasteiger partial charge < -0.3 is 9.90 Å². The van der Waals surface area contributed by atoms with E-state index in [0.717, 1.165) is 6.92 Å². The number of carbonyl (C=O) groups excluding carboxylic acids is 1. The maximum absolute atomic E-state index is 8.89. The number of hydrogen-bond acceptors (Lipinski definition) is 3. The number of carboxylic acids is 1. The summed E-state index contributed by atoms with van der Waals surface area (Å²) in [7, 11) is 3.61. The summed E-state index contributed by atoms with van der Waals surface area (Å²) in [4.78, 5) is 8.89. The summed E-state index contributed by atoms with van der Waals surface area (Å²) in [5, 5.41) is 11.7. The molecule has 0 rings (SSSR count). The molecule has 3 nitrogen and oxygen atoms in total. The summed E-state index contributed by atoms with van der Waals surface area (Å²) in [6.07, 6.45) is 0. The molecular formula is C3H10NO2P. The molecule has 0 aliphatic rings. The van der Waals surface area contributed by atoms with Gasteiger partial charge in [-0.1, -0.05) is 0 Å². The monoisotopic (exact) mass is 123 g/mol. The van der Waals surface area contributed by atoms with Crippen molar-refractivity contribution in [2.45, 2.75) is 6.92 Å². The Bertz CT molecular complexity index is 44.2. The maximum Gasteiger partial charge on any atom is 0.0395 e. The van der Waals surface area contributed by atoms with Gasteiger partial charge in [0.25, 0.3) is 0 Å². The van der Waals surface area contributed by atoms with E-state index >= 15 is 0 Å². The molecule has 0 aromatic carbocycles. The third-order valence-electron chi connectivity index (χ3n) is 0. The van der Waals surface area contributed by atoms with E-state index < -0.39 is 5.97 Å². The van der Waals surface area contributed by atoms with Crippen LogP contribution in [0.5, 0.6) is 0 Å². The van der Waals surface area contributed by atoms with Crippen LogP contribution < -0.4 is 10.2 Å². The van der Waals surface area contributed by atoms with E-state index in [1.54, 1.807) is 9.39 Å². The van der Waals surface area contributed by atoms with Crippen LogP contribution in [-0.4, -0.2) is 13.0 Å². The van der Waals surface area contributed by atoms with Crippen molar-refractivity contribution in [1.29, 1.82) is 0 Å². The average Bonchev–Trinajstić information content (AvgIpc) is 1.33. The van der Waals surface area contributed by atoms with Crippen molar-refractivity contribution >= 4 is 15.4 Å². The zero-order valence-corrected chi connectivity index (χ0v) is 5.94. The Hall–Kier alpha value is -0.140. The lowest BCUT2D eigenvalue weighted by atomic mass is 10.9. The summed E-state index contributed by atoms with van der Waals surface area (Å²) in [6.45, 7) is 0.972. The maximum atomic E-state index is 8.89. The van der Waals surface area contributed by atoms with E-state index in [0.29, 0.717) is 0 Å². The molecule has 0 fully saturated rings. The van der Waals surface area contributed by atoms with Gasteiger partial charge in [0.05, 0.1) is 0 Å². The fraction of sp³-hybridized carbons (Fsp3) is 0.667. The first-order valence-electron chi connectivity index (χ1n) is 1.76. The predicted molar refractivity (Wildman–Crippen MR) is 30.8 cm³/mol. The van der Waals surface area contributed by atoms with Crippen molar-refractivity contribution in [3.63, 3.8) is 0 Å². The molecule has 7 heavy (non-hydrogen) atoms. The summed E-state index contributed by atoms with van der Waals surface area (Å²) in [5.74, 6) is -1.08. The van der Waals surface area contributed by atoms with E-state index in [4.69, 9.17) is 9.90 Å². The van der Waals surface area contributed by atoms with Gasteiger partial charge in [-0.05, 0) is 6.92 Å². The van der Waals surface area contributed by atoms with Crippen LogP contribution in [0, 0.1) is 0 Å². The molecule has 4 heteroatoms. The van der Waals surface area contributed by atoms with Gasteiger partial charge in [-0.3, -0.25) is 0 Å². The first-order chi connectivity index (χ1) is 3.15. The average molecular weight is 123 g/mol. The third-order valence-corrected chi connectivity index (χ3v) is 0. The lowest BCUT2D eigenvalue weighted by molar-refractivity contribution is -0.302. The van der Waals surface area contributed by atoms with Gasteiger partial charge >= 0.3 is 0 Å². The van der Waals surface area contributed by atoms with Crippen LogP contribution in [-0.2, 0) is 4.79 Å². The van der Waals surface area contributed by atoms with Crippen molar-refractivity contribution in [1.82, 2.24) is 5.09 Å². The normalized spacial score (nSPS) is 6.57. The topological polar surface area (TPSA) is 52.2 Å². The molecule has 1 unspecified atom stereocenters. The number of carbonyl (C=O) groups is 1. The molecule has 0 saturated carbocycles. The molecule has 0 saturated heterocycles. The number of carboxylic acid groups (broad SMARTS) is 1. The molecule has 0 aliphatic carbocycles. The molecule has 1 atom stereocenters. The van der Waals surface area contributed by atoms with Gasteiger partial charge in [-0.25, -0.2) is 5.09 Å². The third kappa shape index (κ3) is 4450. The van der Waals surface area contributed by atoms with Crippen molar-refractivity contribution < 1.29 is 9.90 Å². The highest BCUT2D eigenvalue weighted by Gasteiger charge is 1.46. The molecule has 0 aromatic rings. The highest BCUT2D eigenvalue weighted by atomic mass is 31.0. The minimum atomic E-state index is -1.08. The Labute approximate surface area is 45.4 Å². The SMILES string of the molecule is CC(=O)[O-].CN[PH3+]. The van der Waals surface area contributed by atoms with Gasteiger partial charge in [0, 0.05) is 22.4 Å². The minimum Gasteiger partial charge on any atom is -0.550 e. The van der Waals surface area contributed by atoms with Crippen molar-refractivity contribution in [2.75, 3.05) is 7.05 Å². The van der Waals surface area contributed by atoms with Gasteiger partial charge in [-0.2, -0.15) is 0 Å². The second-order valence-corrected chi connectivity index (χ2v) is 1.55. The predicted octanol–water partition coefficient (Wildman–Crippen LogP) is -1.52. The van der Waals surface area contributed by atoms with Crippen LogP contribution in [0.15, 0.2) is 0 Å². The molecule has 0 amide bonds. The highest BCUT2D eigenvalue weighted by molar-refractivity contribution is 7.13. The van der Waals surface area contributed by atoms with E-state index in [-0.39, 0.29) is 0 Å². The van der Waals surface area contributed by atoms with Gasteiger partial charge in [0.1, 0.15) is 0 Å². The molecule has 0 radical (unpaired) electrons.